The van der Waals surface area contributed by atoms with Gasteiger partial charge in [0.15, 0.2) is 5.72 Å². The lowest BCUT2D eigenvalue weighted by atomic mass is 9.96. The lowest BCUT2D eigenvalue weighted by Gasteiger charge is -2.44. The van der Waals surface area contributed by atoms with Crippen molar-refractivity contribution in [1.29, 1.82) is 0 Å². The molecular formula is C14H21NO4. The van der Waals surface area contributed by atoms with E-state index in [1.165, 1.54) is 0 Å². The first-order valence-electron chi connectivity index (χ1n) is 6.47. The smallest absolute Gasteiger partial charge is 0.151 e. The molecule has 5 heteroatoms. The van der Waals surface area contributed by atoms with Gasteiger partial charge in [0, 0.05) is 45.2 Å². The van der Waals surface area contributed by atoms with Crippen molar-refractivity contribution in [2.45, 2.75) is 25.0 Å². The summed E-state index contributed by atoms with van der Waals surface area (Å²) in [6.45, 7) is 1.41. The maximum Gasteiger partial charge on any atom is 0.151 e. The molecule has 0 aromatic carbocycles. The van der Waals surface area contributed by atoms with Crippen molar-refractivity contribution in [3.05, 3.63) is 23.7 Å². The van der Waals surface area contributed by atoms with Crippen molar-refractivity contribution < 1.29 is 19.0 Å². The maximum absolute atomic E-state index is 11.4. The van der Waals surface area contributed by atoms with E-state index in [0.717, 1.165) is 11.5 Å². The van der Waals surface area contributed by atoms with Gasteiger partial charge in [-0.1, -0.05) is 0 Å². The minimum absolute atomic E-state index is 0.316. The first-order chi connectivity index (χ1) is 9.13. The van der Waals surface area contributed by atoms with E-state index in [2.05, 4.69) is 4.90 Å². The molecule has 0 bridgehead atoms. The van der Waals surface area contributed by atoms with Crippen LogP contribution in [0.5, 0.6) is 0 Å². The summed E-state index contributed by atoms with van der Waals surface area (Å²) in [6, 6.07) is 0. The molecule has 1 fully saturated rings. The molecule has 2 rings (SSSR count). The average Bonchev–Trinajstić information content (AvgIpc) is 2.47. The minimum Gasteiger partial charge on any atom is -0.501 e. The highest BCUT2D eigenvalue weighted by Crippen LogP contribution is 2.34. The summed E-state index contributed by atoms with van der Waals surface area (Å²) in [7, 11) is 4.95. The molecule has 106 valence electrons. The number of ketones is 1. The molecule has 0 amide bonds. The molecular weight excluding hydrogens is 246 g/mol. The molecule has 0 spiro atoms. The van der Waals surface area contributed by atoms with Crippen LogP contribution in [0, 0.1) is 0 Å². The van der Waals surface area contributed by atoms with Crippen LogP contribution in [0.4, 0.5) is 0 Å². The number of rotatable bonds is 4. The Kier molecular flexibility index (Phi) is 4.27. The van der Waals surface area contributed by atoms with Gasteiger partial charge in [-0.3, -0.25) is 9.69 Å². The topological polar surface area (TPSA) is 48.0 Å². The third-order valence-electron chi connectivity index (χ3n) is 3.81. The van der Waals surface area contributed by atoms with Crippen LogP contribution in [0.3, 0.4) is 0 Å². The van der Waals surface area contributed by atoms with Crippen molar-refractivity contribution in [3.8, 4) is 0 Å². The maximum atomic E-state index is 11.4. The molecule has 19 heavy (non-hydrogen) atoms. The van der Waals surface area contributed by atoms with Crippen LogP contribution in [0.2, 0.25) is 0 Å². The zero-order chi connectivity index (χ0) is 13.9. The first-order valence-corrected chi connectivity index (χ1v) is 6.47. The average molecular weight is 267 g/mol. The summed E-state index contributed by atoms with van der Waals surface area (Å²) in [4.78, 5) is 13.6. The fraction of sp³-hybridized carbons (Fsp3) is 0.643. The summed E-state index contributed by atoms with van der Waals surface area (Å²) in [5.41, 5.74) is -0.577. The van der Waals surface area contributed by atoms with Gasteiger partial charge in [-0.05, 0) is 0 Å². The molecule has 0 aromatic heterocycles. The van der Waals surface area contributed by atoms with Gasteiger partial charge in [0.2, 0.25) is 0 Å². The van der Waals surface area contributed by atoms with Crippen LogP contribution in [-0.2, 0) is 19.0 Å². The summed E-state index contributed by atoms with van der Waals surface area (Å²) >= 11 is 0. The first kappa shape index (κ1) is 14.1. The molecule has 0 aromatic rings. The second-order valence-corrected chi connectivity index (χ2v) is 4.82. The van der Waals surface area contributed by atoms with Crippen molar-refractivity contribution in [2.24, 2.45) is 0 Å². The molecule has 1 aliphatic heterocycles. The molecule has 1 unspecified atom stereocenters. The zero-order valence-corrected chi connectivity index (χ0v) is 11.8. The number of likely N-dealkylation sites (tertiary alicyclic amines) is 1. The second kappa shape index (κ2) is 5.75. The monoisotopic (exact) mass is 267 g/mol. The Morgan fingerprint density at radius 2 is 1.84 bits per heavy atom. The second-order valence-electron chi connectivity index (χ2n) is 4.82. The van der Waals surface area contributed by atoms with Crippen LogP contribution in [0.1, 0.15) is 19.3 Å². The Morgan fingerprint density at radius 3 is 2.37 bits per heavy atom. The molecule has 2 aliphatic rings. The van der Waals surface area contributed by atoms with Crippen LogP contribution in [0.15, 0.2) is 23.7 Å². The zero-order valence-electron chi connectivity index (χ0n) is 11.8. The van der Waals surface area contributed by atoms with Crippen molar-refractivity contribution in [3.63, 3.8) is 0 Å². The Hall–Kier alpha value is -1.33. The fourth-order valence-corrected chi connectivity index (χ4v) is 2.62. The van der Waals surface area contributed by atoms with Gasteiger partial charge in [0.1, 0.15) is 17.3 Å². The van der Waals surface area contributed by atoms with Gasteiger partial charge in [0.05, 0.1) is 20.6 Å². The highest BCUT2D eigenvalue weighted by atomic mass is 16.5. The molecule has 1 saturated heterocycles. The normalized spacial score (nSPS) is 28.7. The molecule has 1 aliphatic carbocycles. The predicted molar refractivity (Wildman–Crippen MR) is 70.4 cm³/mol. The van der Waals surface area contributed by atoms with E-state index in [1.807, 2.05) is 12.2 Å². The molecule has 0 N–H and O–H groups in total. The Balaban J connectivity index is 2.24. The number of ether oxygens (including phenoxy) is 3. The standard InChI is InChI=1S/C14H21NO4/c1-17-12-8-13(18-2)10-14(9-12,19-3)15-6-4-11(16)5-7-15/h8-9H,4-7,10H2,1-3H3. The molecule has 1 heterocycles. The van der Waals surface area contributed by atoms with E-state index >= 15 is 0 Å². The summed E-state index contributed by atoms with van der Waals surface area (Å²) in [5.74, 6) is 1.86. The van der Waals surface area contributed by atoms with E-state index < -0.39 is 5.72 Å². The van der Waals surface area contributed by atoms with Gasteiger partial charge in [-0.25, -0.2) is 0 Å². The van der Waals surface area contributed by atoms with E-state index in [4.69, 9.17) is 14.2 Å². The highest BCUT2D eigenvalue weighted by molar-refractivity contribution is 5.79. The van der Waals surface area contributed by atoms with Crippen LogP contribution >= 0.6 is 0 Å². The summed E-state index contributed by atoms with van der Waals surface area (Å²) in [6.07, 6.45) is 5.61. The van der Waals surface area contributed by atoms with Gasteiger partial charge in [-0.2, -0.15) is 0 Å². The number of nitrogens with zero attached hydrogens (tertiary/aromatic N) is 1. The van der Waals surface area contributed by atoms with Crippen LogP contribution in [0.25, 0.3) is 0 Å². The molecule has 5 nitrogen and oxygen atoms in total. The van der Waals surface area contributed by atoms with E-state index in [1.54, 1.807) is 21.3 Å². The molecule has 1 atom stereocenters. The highest BCUT2D eigenvalue weighted by Gasteiger charge is 2.40. The number of allylic oxidation sites excluding steroid dienone is 1. The largest absolute Gasteiger partial charge is 0.501 e. The van der Waals surface area contributed by atoms with Crippen LogP contribution in [-0.4, -0.2) is 50.8 Å². The Morgan fingerprint density at radius 1 is 1.16 bits per heavy atom. The lowest BCUT2D eigenvalue weighted by Crippen LogP contribution is -2.53. The summed E-state index contributed by atoms with van der Waals surface area (Å²) in [5, 5.41) is 0. The van der Waals surface area contributed by atoms with E-state index in [9.17, 15) is 4.79 Å². The van der Waals surface area contributed by atoms with Gasteiger partial charge in [-0.15, -0.1) is 0 Å². The van der Waals surface area contributed by atoms with E-state index in [0.29, 0.717) is 38.1 Å². The Labute approximate surface area is 113 Å². The Bertz CT molecular complexity index is 406. The number of carbonyl (C=O) groups is 1. The summed E-state index contributed by atoms with van der Waals surface area (Å²) < 4.78 is 16.4. The number of carbonyl (C=O) groups excluding carboxylic acids is 1. The van der Waals surface area contributed by atoms with Crippen molar-refractivity contribution in [1.82, 2.24) is 4.90 Å². The number of methoxy groups -OCH3 is 3. The fourth-order valence-electron chi connectivity index (χ4n) is 2.62. The minimum atomic E-state index is -0.577. The molecule has 0 radical (unpaired) electrons. The molecule has 0 saturated carbocycles. The number of hydrogen-bond donors (Lipinski definition) is 0. The van der Waals surface area contributed by atoms with Crippen LogP contribution < -0.4 is 0 Å². The van der Waals surface area contributed by atoms with Gasteiger partial charge in [0.25, 0.3) is 0 Å². The number of hydrogen-bond acceptors (Lipinski definition) is 5. The number of Topliss-reactive ketones (excluding diaryl/α,β-unsaturated/α-hetero) is 1. The predicted octanol–water partition coefficient (Wildman–Crippen LogP) is 1.46. The number of piperidine rings is 1. The quantitative estimate of drug-likeness (QED) is 0.771. The van der Waals surface area contributed by atoms with Gasteiger partial charge >= 0.3 is 0 Å². The third-order valence-corrected chi connectivity index (χ3v) is 3.81. The SMILES string of the molecule is COC1=CC(OC)(N2CCC(=O)CC2)CC(OC)=C1. The van der Waals surface area contributed by atoms with Gasteiger partial charge < -0.3 is 14.2 Å². The lowest BCUT2D eigenvalue weighted by molar-refractivity contribution is -0.135. The third kappa shape index (κ3) is 2.82. The van der Waals surface area contributed by atoms with Crippen molar-refractivity contribution >= 4 is 5.78 Å². The van der Waals surface area contributed by atoms with E-state index in [-0.39, 0.29) is 0 Å². The van der Waals surface area contributed by atoms with Crippen molar-refractivity contribution in [2.75, 3.05) is 34.4 Å².